The van der Waals surface area contributed by atoms with E-state index in [-0.39, 0.29) is 5.78 Å². The van der Waals surface area contributed by atoms with Gasteiger partial charge >= 0.3 is 0 Å². The van der Waals surface area contributed by atoms with Crippen LogP contribution in [0, 0.1) is 0 Å². The van der Waals surface area contributed by atoms with Gasteiger partial charge in [-0.2, -0.15) is 0 Å². The quantitative estimate of drug-likeness (QED) is 0.647. The molecule has 2 nitrogen and oxygen atoms in total. The monoisotopic (exact) mass is 313 g/mol. The van der Waals surface area contributed by atoms with Crippen molar-refractivity contribution in [3.05, 3.63) is 48.0 Å². The summed E-state index contributed by atoms with van der Waals surface area (Å²) in [6.45, 7) is 15.8. The van der Waals surface area contributed by atoms with E-state index in [2.05, 4.69) is 18.8 Å². The van der Waals surface area contributed by atoms with Gasteiger partial charge in [-0.05, 0) is 36.6 Å². The van der Waals surface area contributed by atoms with Gasteiger partial charge in [-0.15, -0.1) is 0 Å². The standard InChI is InChI=1S/C17H19NO.2C2H6/c1-5-11(2)13-7-6-8-15-16(18-4)10-9-14(12(3)19)17(13)15;2*1-2/h6-10,18H,2,5H2,1,3-4H3;2*1-2H3. The molecule has 0 saturated heterocycles. The smallest absolute Gasteiger partial charge is 0.160 e. The highest BCUT2D eigenvalue weighted by Gasteiger charge is 2.13. The molecule has 0 heterocycles. The van der Waals surface area contributed by atoms with E-state index < -0.39 is 0 Å². The number of carbonyl (C=O) groups excluding carboxylic acids is 1. The molecule has 126 valence electrons. The van der Waals surface area contributed by atoms with Gasteiger partial charge in [-0.3, -0.25) is 4.79 Å². The third-order valence-electron chi connectivity index (χ3n) is 3.50. The summed E-state index contributed by atoms with van der Waals surface area (Å²) in [5.74, 6) is 0.0870. The van der Waals surface area contributed by atoms with Crippen LogP contribution < -0.4 is 5.32 Å². The van der Waals surface area contributed by atoms with Crippen molar-refractivity contribution in [3.63, 3.8) is 0 Å². The Morgan fingerprint density at radius 1 is 1.04 bits per heavy atom. The second-order valence-electron chi connectivity index (χ2n) is 4.65. The molecule has 0 spiro atoms. The zero-order chi connectivity index (χ0) is 18.0. The van der Waals surface area contributed by atoms with Crippen LogP contribution in [0.1, 0.15) is 63.9 Å². The minimum absolute atomic E-state index is 0.0870. The molecule has 0 fully saturated rings. The van der Waals surface area contributed by atoms with E-state index in [4.69, 9.17) is 0 Å². The van der Waals surface area contributed by atoms with E-state index in [0.717, 1.165) is 39.6 Å². The number of nitrogens with one attached hydrogen (secondary N) is 1. The normalized spacial score (nSPS) is 9.17. The number of ketones is 1. The molecule has 0 atom stereocenters. The molecular formula is C21H31NO. The molecular weight excluding hydrogens is 282 g/mol. The molecule has 2 aromatic carbocycles. The zero-order valence-corrected chi connectivity index (χ0v) is 15.7. The van der Waals surface area contributed by atoms with Crippen LogP contribution in [0.25, 0.3) is 16.3 Å². The van der Waals surface area contributed by atoms with Crippen molar-refractivity contribution in [2.45, 2.75) is 48.0 Å². The van der Waals surface area contributed by atoms with Crippen LogP contribution in [0.2, 0.25) is 0 Å². The summed E-state index contributed by atoms with van der Waals surface area (Å²) in [6.07, 6.45) is 0.875. The van der Waals surface area contributed by atoms with E-state index in [1.807, 2.05) is 65.1 Å². The van der Waals surface area contributed by atoms with Crippen LogP contribution in [0.5, 0.6) is 0 Å². The van der Waals surface area contributed by atoms with Crippen LogP contribution in [0.3, 0.4) is 0 Å². The van der Waals surface area contributed by atoms with Crippen LogP contribution in [0.4, 0.5) is 5.69 Å². The molecule has 0 aliphatic rings. The lowest BCUT2D eigenvalue weighted by atomic mass is 9.92. The molecule has 0 saturated carbocycles. The Hall–Kier alpha value is -2.09. The van der Waals surface area contributed by atoms with Crippen molar-refractivity contribution in [1.82, 2.24) is 0 Å². The van der Waals surface area contributed by atoms with Crippen molar-refractivity contribution in [3.8, 4) is 0 Å². The number of rotatable bonds is 4. The van der Waals surface area contributed by atoms with Gasteiger partial charge in [-0.1, -0.05) is 59.4 Å². The molecule has 2 rings (SSSR count). The molecule has 0 bridgehead atoms. The van der Waals surface area contributed by atoms with Crippen LogP contribution >= 0.6 is 0 Å². The number of benzene rings is 2. The lowest BCUT2D eigenvalue weighted by Gasteiger charge is -2.14. The average molecular weight is 313 g/mol. The summed E-state index contributed by atoms with van der Waals surface area (Å²) in [5.41, 5.74) is 3.92. The first-order valence-electron chi connectivity index (χ1n) is 8.52. The lowest BCUT2D eigenvalue weighted by molar-refractivity contribution is 0.101. The highest BCUT2D eigenvalue weighted by atomic mass is 16.1. The maximum Gasteiger partial charge on any atom is 0.160 e. The molecule has 0 radical (unpaired) electrons. The van der Waals surface area contributed by atoms with Gasteiger partial charge in [0.2, 0.25) is 0 Å². The number of fused-ring (bicyclic) bond motifs is 1. The number of Topliss-reactive ketones (excluding diaryl/α,β-unsaturated/α-hetero) is 1. The number of anilines is 1. The topological polar surface area (TPSA) is 29.1 Å². The molecule has 0 aliphatic carbocycles. The average Bonchev–Trinajstić information content (AvgIpc) is 2.62. The van der Waals surface area contributed by atoms with Gasteiger partial charge in [-0.25, -0.2) is 0 Å². The second kappa shape index (κ2) is 10.6. The Morgan fingerprint density at radius 3 is 2.13 bits per heavy atom. The Bertz CT molecular complexity index is 656. The Kier molecular flexibility index (Phi) is 9.64. The summed E-state index contributed by atoms with van der Waals surface area (Å²) in [6, 6.07) is 9.95. The number of hydrogen-bond donors (Lipinski definition) is 1. The SMILES string of the molecule is C=C(CC)c1cccc2c(NC)ccc(C(C)=O)c12.CC.CC. The van der Waals surface area contributed by atoms with Crippen molar-refractivity contribution in [2.24, 2.45) is 0 Å². The fourth-order valence-electron chi connectivity index (χ4n) is 2.40. The van der Waals surface area contributed by atoms with Gasteiger partial charge in [0.05, 0.1) is 0 Å². The predicted molar refractivity (Wildman–Crippen MR) is 106 cm³/mol. The van der Waals surface area contributed by atoms with Crippen LogP contribution in [-0.2, 0) is 0 Å². The van der Waals surface area contributed by atoms with Crippen molar-refractivity contribution in [2.75, 3.05) is 12.4 Å². The van der Waals surface area contributed by atoms with Crippen LogP contribution in [0.15, 0.2) is 36.9 Å². The molecule has 23 heavy (non-hydrogen) atoms. The van der Waals surface area contributed by atoms with Crippen molar-refractivity contribution < 1.29 is 4.79 Å². The number of allylic oxidation sites excluding steroid dienone is 1. The largest absolute Gasteiger partial charge is 0.388 e. The molecule has 0 aromatic heterocycles. The third kappa shape index (κ3) is 4.69. The van der Waals surface area contributed by atoms with Crippen molar-refractivity contribution in [1.29, 1.82) is 0 Å². The van der Waals surface area contributed by atoms with E-state index >= 15 is 0 Å². The van der Waals surface area contributed by atoms with Gasteiger partial charge in [0.15, 0.2) is 5.78 Å². The second-order valence-corrected chi connectivity index (χ2v) is 4.65. The molecule has 0 unspecified atom stereocenters. The van der Waals surface area contributed by atoms with Crippen molar-refractivity contribution >= 4 is 27.8 Å². The summed E-state index contributed by atoms with van der Waals surface area (Å²) < 4.78 is 0. The number of carbonyl (C=O) groups is 1. The summed E-state index contributed by atoms with van der Waals surface area (Å²) in [7, 11) is 1.89. The van der Waals surface area contributed by atoms with Crippen LogP contribution in [-0.4, -0.2) is 12.8 Å². The fraction of sp³-hybridized carbons (Fsp3) is 0.381. The maximum atomic E-state index is 11.9. The van der Waals surface area contributed by atoms with Gasteiger partial charge in [0.1, 0.15) is 0 Å². The minimum atomic E-state index is 0.0870. The zero-order valence-electron chi connectivity index (χ0n) is 15.7. The van der Waals surface area contributed by atoms with E-state index in [1.54, 1.807) is 6.92 Å². The Balaban J connectivity index is 0.00000112. The summed E-state index contributed by atoms with van der Waals surface area (Å²) in [5, 5.41) is 5.26. The molecule has 0 amide bonds. The predicted octanol–water partition coefficient (Wildman–Crippen LogP) is 6.56. The molecule has 2 heteroatoms. The first-order valence-corrected chi connectivity index (χ1v) is 8.52. The van der Waals surface area contributed by atoms with Gasteiger partial charge in [0, 0.05) is 29.1 Å². The minimum Gasteiger partial charge on any atom is -0.388 e. The molecule has 1 N–H and O–H groups in total. The van der Waals surface area contributed by atoms with Gasteiger partial charge in [0.25, 0.3) is 0 Å². The number of hydrogen-bond acceptors (Lipinski definition) is 2. The van der Waals surface area contributed by atoms with Gasteiger partial charge < -0.3 is 5.32 Å². The Morgan fingerprint density at radius 2 is 1.65 bits per heavy atom. The lowest BCUT2D eigenvalue weighted by Crippen LogP contribution is -1.99. The first-order chi connectivity index (χ1) is 11.1. The van der Waals surface area contributed by atoms with E-state index in [9.17, 15) is 4.79 Å². The third-order valence-corrected chi connectivity index (χ3v) is 3.50. The molecule has 2 aromatic rings. The Labute approximate surface area is 141 Å². The highest BCUT2D eigenvalue weighted by Crippen LogP contribution is 2.33. The summed E-state index contributed by atoms with van der Waals surface area (Å²) >= 11 is 0. The molecule has 0 aliphatic heterocycles. The summed E-state index contributed by atoms with van der Waals surface area (Å²) in [4.78, 5) is 11.9. The maximum absolute atomic E-state index is 11.9. The fourth-order valence-corrected chi connectivity index (χ4v) is 2.40. The van der Waals surface area contributed by atoms with E-state index in [1.165, 1.54) is 0 Å². The highest BCUT2D eigenvalue weighted by molar-refractivity contribution is 6.13. The first kappa shape index (κ1) is 20.9. The van der Waals surface area contributed by atoms with E-state index in [0.29, 0.717) is 0 Å².